The lowest BCUT2D eigenvalue weighted by Crippen LogP contribution is -2.60. The molecule has 1 aromatic carbocycles. The van der Waals surface area contributed by atoms with Crippen molar-refractivity contribution in [2.45, 2.75) is 39.2 Å². The molecule has 31 heavy (non-hydrogen) atoms. The number of hydrogen-bond acceptors (Lipinski definition) is 2. The Morgan fingerprint density at radius 3 is 2.52 bits per heavy atom. The fourth-order valence-electron chi connectivity index (χ4n) is 4.98. The predicted octanol–water partition coefficient (Wildman–Crippen LogP) is 4.54. The van der Waals surface area contributed by atoms with Crippen LogP contribution in [0.1, 0.15) is 48.3 Å². The predicted molar refractivity (Wildman–Crippen MR) is 110 cm³/mol. The Labute approximate surface area is 179 Å². The second-order valence-corrected chi connectivity index (χ2v) is 8.03. The molecule has 0 fully saturated rings. The molecule has 0 saturated heterocycles. The number of pyridine rings is 2. The maximum atomic E-state index is 15.2. The minimum absolute atomic E-state index is 0.300. The van der Waals surface area contributed by atoms with Gasteiger partial charge in [0.1, 0.15) is 17.2 Å². The molecule has 0 radical (unpaired) electrons. The Kier molecular flexibility index (Phi) is 4.29. The number of ether oxygens (including phenoxy) is 1. The number of carbonyl (C=O) groups excluding carboxylic acids is 1. The molecule has 2 aromatic heterocycles. The van der Waals surface area contributed by atoms with E-state index in [0.29, 0.717) is 46.8 Å². The van der Waals surface area contributed by atoms with Gasteiger partial charge in [-0.1, -0.05) is 13.8 Å². The number of carbonyl (C=O) groups is 1. The summed E-state index contributed by atoms with van der Waals surface area (Å²) in [5, 5.41) is 0. The summed E-state index contributed by atoms with van der Waals surface area (Å²) in [6.07, 6.45) is 4.96. The quantitative estimate of drug-likeness (QED) is 0.451. The Hall–Kier alpha value is -3.41. The SMILES string of the molecule is CCC1(CC)C(=C2OC(=O)c3cccc[n+]32)c2cc(F)cc(F)c2-c2cc(C)cc[n+]21. The third-order valence-corrected chi connectivity index (χ3v) is 6.48. The van der Waals surface area contributed by atoms with Crippen LogP contribution >= 0.6 is 0 Å². The zero-order valence-electron chi connectivity index (χ0n) is 17.6. The molecule has 156 valence electrons. The third-order valence-electron chi connectivity index (χ3n) is 6.48. The van der Waals surface area contributed by atoms with Gasteiger partial charge in [0.25, 0.3) is 5.69 Å². The van der Waals surface area contributed by atoms with Crippen molar-refractivity contribution in [3.05, 3.63) is 83.3 Å². The Bertz CT molecular complexity index is 1290. The molecule has 2 aliphatic rings. The number of fused-ring (bicyclic) bond motifs is 4. The van der Waals surface area contributed by atoms with E-state index < -0.39 is 23.1 Å². The van der Waals surface area contributed by atoms with Gasteiger partial charge in [-0.2, -0.15) is 4.57 Å². The largest absolute Gasteiger partial charge is 0.413 e. The summed E-state index contributed by atoms with van der Waals surface area (Å²) in [5.74, 6) is -1.49. The van der Waals surface area contributed by atoms with Crippen LogP contribution in [-0.4, -0.2) is 5.97 Å². The molecule has 0 saturated carbocycles. The van der Waals surface area contributed by atoms with E-state index in [4.69, 9.17) is 4.74 Å². The first-order valence-electron chi connectivity index (χ1n) is 10.4. The van der Waals surface area contributed by atoms with Gasteiger partial charge in [-0.25, -0.2) is 13.6 Å². The van der Waals surface area contributed by atoms with Crippen LogP contribution in [0.15, 0.2) is 54.9 Å². The van der Waals surface area contributed by atoms with Gasteiger partial charge in [0.15, 0.2) is 12.4 Å². The summed E-state index contributed by atoms with van der Waals surface area (Å²) in [6, 6.07) is 11.4. The monoisotopic (exact) mass is 420 g/mol. The van der Waals surface area contributed by atoms with Crippen LogP contribution in [0.2, 0.25) is 0 Å². The number of benzene rings is 1. The highest BCUT2D eigenvalue weighted by molar-refractivity contribution is 5.97. The second kappa shape index (κ2) is 6.80. The normalized spacial score (nSPS) is 18.3. The average Bonchev–Trinajstić information content (AvgIpc) is 3.08. The van der Waals surface area contributed by atoms with Crippen molar-refractivity contribution in [2.24, 2.45) is 0 Å². The summed E-state index contributed by atoms with van der Waals surface area (Å²) in [6.45, 7) is 6.02. The minimum Gasteiger partial charge on any atom is -0.362 e. The summed E-state index contributed by atoms with van der Waals surface area (Å²) in [5.41, 5.74) is 2.72. The number of allylic oxidation sites excluding steroid dienone is 1. The Balaban J connectivity index is 1.99. The number of cyclic esters (lactones) is 1. The molecule has 4 heterocycles. The highest BCUT2D eigenvalue weighted by Crippen LogP contribution is 2.48. The van der Waals surface area contributed by atoms with Crippen LogP contribution < -0.4 is 9.13 Å². The number of aryl methyl sites for hydroxylation is 1. The lowest BCUT2D eigenvalue weighted by molar-refractivity contribution is -0.742. The van der Waals surface area contributed by atoms with Gasteiger partial charge in [0, 0.05) is 48.7 Å². The topological polar surface area (TPSA) is 34.1 Å². The second-order valence-electron chi connectivity index (χ2n) is 8.03. The van der Waals surface area contributed by atoms with Crippen LogP contribution in [-0.2, 0) is 10.3 Å². The van der Waals surface area contributed by atoms with Crippen LogP contribution in [0, 0.1) is 18.6 Å². The van der Waals surface area contributed by atoms with Crippen molar-refractivity contribution < 1.29 is 27.4 Å². The molecule has 4 nitrogen and oxygen atoms in total. The zero-order chi connectivity index (χ0) is 21.9. The molecule has 3 aromatic rings. The lowest BCUT2D eigenvalue weighted by atomic mass is 9.74. The van der Waals surface area contributed by atoms with Crippen molar-refractivity contribution >= 4 is 17.4 Å². The maximum Gasteiger partial charge on any atom is 0.413 e. The molecule has 2 aliphatic heterocycles. The average molecular weight is 420 g/mol. The molecule has 0 unspecified atom stereocenters. The number of esters is 1. The number of rotatable bonds is 2. The first-order chi connectivity index (χ1) is 14.9. The van der Waals surface area contributed by atoms with E-state index in [-0.39, 0.29) is 0 Å². The molecular weight excluding hydrogens is 398 g/mol. The van der Waals surface area contributed by atoms with E-state index in [0.717, 1.165) is 11.6 Å². The fraction of sp³-hybridized carbons (Fsp3) is 0.240. The van der Waals surface area contributed by atoms with Gasteiger partial charge in [-0.15, -0.1) is 4.57 Å². The van der Waals surface area contributed by atoms with Crippen molar-refractivity contribution in [2.75, 3.05) is 0 Å². The van der Waals surface area contributed by atoms with E-state index in [1.807, 2.05) is 43.7 Å². The van der Waals surface area contributed by atoms with Gasteiger partial charge in [-0.05, 0) is 24.6 Å². The summed E-state index contributed by atoms with van der Waals surface area (Å²) < 4.78 is 39.2. The highest BCUT2D eigenvalue weighted by atomic mass is 19.1. The van der Waals surface area contributed by atoms with Crippen molar-refractivity contribution in [3.8, 4) is 11.3 Å². The molecule has 0 aliphatic carbocycles. The van der Waals surface area contributed by atoms with E-state index in [1.165, 1.54) is 6.07 Å². The van der Waals surface area contributed by atoms with Crippen molar-refractivity contribution in [1.82, 2.24) is 0 Å². The van der Waals surface area contributed by atoms with Crippen LogP contribution in [0.25, 0.3) is 22.7 Å². The van der Waals surface area contributed by atoms with Crippen LogP contribution in [0.3, 0.4) is 0 Å². The van der Waals surface area contributed by atoms with Gasteiger partial charge >= 0.3 is 11.9 Å². The molecule has 6 heteroatoms. The van der Waals surface area contributed by atoms with Crippen LogP contribution in [0.4, 0.5) is 8.78 Å². The molecule has 0 spiro atoms. The first-order valence-corrected chi connectivity index (χ1v) is 10.4. The van der Waals surface area contributed by atoms with Crippen molar-refractivity contribution in [3.63, 3.8) is 0 Å². The van der Waals surface area contributed by atoms with Gasteiger partial charge < -0.3 is 4.74 Å². The van der Waals surface area contributed by atoms with E-state index in [2.05, 4.69) is 0 Å². The van der Waals surface area contributed by atoms with Crippen LogP contribution in [0.5, 0.6) is 0 Å². The summed E-state index contributed by atoms with van der Waals surface area (Å²) in [7, 11) is 0. The highest BCUT2D eigenvalue weighted by Gasteiger charge is 2.55. The lowest BCUT2D eigenvalue weighted by Gasteiger charge is -2.34. The summed E-state index contributed by atoms with van der Waals surface area (Å²) in [4.78, 5) is 12.6. The molecule has 0 bridgehead atoms. The molecule has 5 rings (SSSR count). The van der Waals surface area contributed by atoms with Gasteiger partial charge in [0.05, 0.1) is 5.56 Å². The summed E-state index contributed by atoms with van der Waals surface area (Å²) >= 11 is 0. The van der Waals surface area contributed by atoms with Gasteiger partial charge in [-0.3, -0.25) is 0 Å². The number of nitrogens with zero attached hydrogens (tertiary/aromatic N) is 2. The molecular formula is C25H22F2N2O2+2. The van der Waals surface area contributed by atoms with Crippen molar-refractivity contribution in [1.29, 1.82) is 0 Å². The fourth-order valence-corrected chi connectivity index (χ4v) is 4.98. The van der Waals surface area contributed by atoms with E-state index in [1.54, 1.807) is 29.0 Å². The standard InChI is InChI=1S/C25H22F2N2O2/c1-4-25(5-2)22(23-28-10-7-6-8-19(28)24(30)31-23)17-13-16(26)14-18(27)21(17)20-12-15(3)9-11-29(20)25/h6-14H,4-5H2,1-3H3/q+2. The zero-order valence-corrected chi connectivity index (χ0v) is 17.6. The van der Waals surface area contributed by atoms with E-state index in [9.17, 15) is 9.18 Å². The Morgan fingerprint density at radius 1 is 1.00 bits per heavy atom. The number of halogens is 2. The number of hydrogen-bond donors (Lipinski definition) is 0. The molecule has 0 N–H and O–H groups in total. The van der Waals surface area contributed by atoms with Gasteiger partial charge in [0.2, 0.25) is 11.2 Å². The van der Waals surface area contributed by atoms with E-state index >= 15 is 4.39 Å². The molecule has 0 amide bonds. The smallest absolute Gasteiger partial charge is 0.362 e. The number of aromatic nitrogens is 2. The minimum atomic E-state index is -0.667. The third kappa shape index (κ3) is 2.60. The Morgan fingerprint density at radius 2 is 1.77 bits per heavy atom. The molecule has 0 atom stereocenters. The maximum absolute atomic E-state index is 15.2. The first kappa shape index (κ1) is 19.5.